The van der Waals surface area contributed by atoms with Crippen molar-refractivity contribution in [3.05, 3.63) is 64.7 Å². The number of rotatable bonds is 8. The van der Waals surface area contributed by atoms with Crippen LogP contribution >= 0.6 is 23.4 Å². The van der Waals surface area contributed by atoms with Crippen molar-refractivity contribution in [3.63, 3.8) is 0 Å². The number of carbonyl (C=O) groups excluding carboxylic acids is 2. The standard InChI is InChI=1S/C20H22ClN3O3S/c1-24-19(26)18(28-20(24)27)23-16-7-5-13(6-8-16)9-10-22-12-17(25)14-3-2-4-15(21)11-14/h2-8,11,17-18,22-23,25H,9-10,12H2,1H3/t17-,18?/m1/s1. The van der Waals surface area contributed by atoms with Crippen molar-refractivity contribution < 1.29 is 14.7 Å². The molecule has 1 aliphatic rings. The lowest BCUT2D eigenvalue weighted by atomic mass is 10.1. The van der Waals surface area contributed by atoms with E-state index in [1.165, 1.54) is 7.05 Å². The van der Waals surface area contributed by atoms with Crippen LogP contribution in [0.15, 0.2) is 48.5 Å². The Morgan fingerprint density at radius 3 is 2.61 bits per heavy atom. The van der Waals surface area contributed by atoms with E-state index in [1.54, 1.807) is 12.1 Å². The molecule has 1 aliphatic heterocycles. The van der Waals surface area contributed by atoms with Gasteiger partial charge < -0.3 is 15.7 Å². The number of nitrogens with zero attached hydrogens (tertiary/aromatic N) is 1. The Morgan fingerprint density at radius 2 is 1.96 bits per heavy atom. The fourth-order valence-corrected chi connectivity index (χ4v) is 3.91. The summed E-state index contributed by atoms with van der Waals surface area (Å²) in [5.41, 5.74) is 2.72. The first-order valence-electron chi connectivity index (χ1n) is 8.92. The maximum absolute atomic E-state index is 11.9. The normalized spacial score (nSPS) is 17.8. The number of benzene rings is 2. The quantitative estimate of drug-likeness (QED) is 0.570. The maximum atomic E-state index is 11.9. The van der Waals surface area contributed by atoms with E-state index in [9.17, 15) is 14.7 Å². The van der Waals surface area contributed by atoms with E-state index in [0.29, 0.717) is 11.6 Å². The highest BCUT2D eigenvalue weighted by molar-refractivity contribution is 8.15. The number of halogens is 1. The maximum Gasteiger partial charge on any atom is 0.290 e. The zero-order valence-electron chi connectivity index (χ0n) is 15.4. The number of aliphatic hydroxyl groups is 1. The number of hydrogen-bond donors (Lipinski definition) is 3. The van der Waals surface area contributed by atoms with Gasteiger partial charge in [-0.3, -0.25) is 14.5 Å². The molecule has 3 N–H and O–H groups in total. The molecule has 0 bridgehead atoms. The predicted octanol–water partition coefficient (Wildman–Crippen LogP) is 3.27. The molecule has 2 amide bonds. The minimum Gasteiger partial charge on any atom is -0.387 e. The molecule has 0 aromatic heterocycles. The van der Waals surface area contributed by atoms with Gasteiger partial charge in [-0.25, -0.2) is 0 Å². The van der Waals surface area contributed by atoms with Gasteiger partial charge in [-0.2, -0.15) is 0 Å². The first kappa shape index (κ1) is 20.7. The third kappa shape index (κ3) is 5.26. The van der Waals surface area contributed by atoms with Crippen LogP contribution in [0.25, 0.3) is 0 Å². The lowest BCUT2D eigenvalue weighted by Crippen LogP contribution is -2.31. The largest absolute Gasteiger partial charge is 0.387 e. The lowest BCUT2D eigenvalue weighted by Gasteiger charge is -2.13. The zero-order chi connectivity index (χ0) is 20.1. The number of aliphatic hydroxyl groups excluding tert-OH is 1. The first-order valence-corrected chi connectivity index (χ1v) is 10.2. The molecule has 2 atom stereocenters. The van der Waals surface area contributed by atoms with E-state index in [-0.39, 0.29) is 11.1 Å². The molecule has 3 rings (SSSR count). The minimum atomic E-state index is -0.604. The number of carbonyl (C=O) groups is 2. The van der Waals surface area contributed by atoms with E-state index in [1.807, 2.05) is 36.4 Å². The van der Waals surface area contributed by atoms with E-state index in [0.717, 1.165) is 46.4 Å². The number of anilines is 1. The Labute approximate surface area is 173 Å². The second-order valence-corrected chi connectivity index (χ2v) is 8.02. The predicted molar refractivity (Wildman–Crippen MR) is 113 cm³/mol. The zero-order valence-corrected chi connectivity index (χ0v) is 17.0. The van der Waals surface area contributed by atoms with Gasteiger partial charge in [-0.1, -0.05) is 35.9 Å². The molecule has 0 aliphatic carbocycles. The fourth-order valence-electron chi connectivity index (χ4n) is 2.81. The van der Waals surface area contributed by atoms with Crippen LogP contribution in [0.5, 0.6) is 0 Å². The van der Waals surface area contributed by atoms with Crippen molar-refractivity contribution in [2.75, 3.05) is 25.5 Å². The molecule has 148 valence electrons. The van der Waals surface area contributed by atoms with Crippen LogP contribution in [0.3, 0.4) is 0 Å². The van der Waals surface area contributed by atoms with Crippen molar-refractivity contribution in [3.8, 4) is 0 Å². The summed E-state index contributed by atoms with van der Waals surface area (Å²) < 4.78 is 0. The highest BCUT2D eigenvalue weighted by atomic mass is 35.5. The highest BCUT2D eigenvalue weighted by Crippen LogP contribution is 2.27. The molecule has 0 spiro atoms. The molecule has 2 aromatic rings. The number of hydrogen-bond acceptors (Lipinski definition) is 6. The summed E-state index contributed by atoms with van der Waals surface area (Å²) >= 11 is 6.93. The number of amides is 2. The minimum absolute atomic E-state index is 0.235. The lowest BCUT2D eigenvalue weighted by molar-refractivity contribution is -0.125. The molecule has 0 radical (unpaired) electrons. The molecule has 28 heavy (non-hydrogen) atoms. The SMILES string of the molecule is CN1C(=O)SC(Nc2ccc(CCNC[C@@H](O)c3cccc(Cl)c3)cc2)C1=O. The van der Waals surface area contributed by atoms with Gasteiger partial charge in [0.2, 0.25) is 0 Å². The molecule has 1 heterocycles. The van der Waals surface area contributed by atoms with Crippen LogP contribution in [-0.2, 0) is 11.2 Å². The molecule has 1 fully saturated rings. The van der Waals surface area contributed by atoms with Crippen LogP contribution in [-0.4, -0.2) is 46.7 Å². The van der Waals surface area contributed by atoms with Gasteiger partial charge in [0.1, 0.15) is 0 Å². The van der Waals surface area contributed by atoms with Gasteiger partial charge in [0.15, 0.2) is 5.37 Å². The van der Waals surface area contributed by atoms with E-state index < -0.39 is 11.5 Å². The average molecular weight is 420 g/mol. The van der Waals surface area contributed by atoms with Crippen LogP contribution in [0.1, 0.15) is 17.2 Å². The second-order valence-electron chi connectivity index (χ2n) is 6.53. The van der Waals surface area contributed by atoms with E-state index in [2.05, 4.69) is 10.6 Å². The summed E-state index contributed by atoms with van der Waals surface area (Å²) in [6, 6.07) is 15.0. The second kappa shape index (κ2) is 9.43. The van der Waals surface area contributed by atoms with Crippen molar-refractivity contribution in [2.24, 2.45) is 0 Å². The summed E-state index contributed by atoms with van der Waals surface area (Å²) in [6.07, 6.45) is 0.202. The molecule has 1 unspecified atom stereocenters. The Kier molecular flexibility index (Phi) is 6.96. The fraction of sp³-hybridized carbons (Fsp3) is 0.300. The number of nitrogens with one attached hydrogen (secondary N) is 2. The smallest absolute Gasteiger partial charge is 0.290 e. The third-order valence-corrected chi connectivity index (χ3v) is 5.73. The Hall–Kier alpha value is -2.06. The molecule has 6 nitrogen and oxygen atoms in total. The topological polar surface area (TPSA) is 81.7 Å². The molecule has 0 saturated carbocycles. The summed E-state index contributed by atoms with van der Waals surface area (Å²) in [4.78, 5) is 24.6. The summed E-state index contributed by atoms with van der Waals surface area (Å²) in [5, 5.41) is 16.3. The molecule has 1 saturated heterocycles. The molecule has 2 aromatic carbocycles. The molecular weight excluding hydrogens is 398 g/mol. The van der Waals surface area contributed by atoms with Gasteiger partial charge in [0.25, 0.3) is 11.1 Å². The van der Waals surface area contributed by atoms with Gasteiger partial charge in [0.05, 0.1) is 6.10 Å². The van der Waals surface area contributed by atoms with Crippen molar-refractivity contribution in [1.29, 1.82) is 0 Å². The summed E-state index contributed by atoms with van der Waals surface area (Å²) in [5.74, 6) is -0.235. The molecular formula is C20H22ClN3O3S. The Bertz CT molecular complexity index is 847. The van der Waals surface area contributed by atoms with Crippen molar-refractivity contribution in [2.45, 2.75) is 17.9 Å². The van der Waals surface area contributed by atoms with Crippen molar-refractivity contribution in [1.82, 2.24) is 10.2 Å². The van der Waals surface area contributed by atoms with Crippen LogP contribution in [0.2, 0.25) is 5.02 Å². The number of likely N-dealkylation sites (N-methyl/N-ethyl adjacent to an activating group) is 1. The molecule has 8 heteroatoms. The van der Waals surface area contributed by atoms with Gasteiger partial charge >= 0.3 is 0 Å². The first-order chi connectivity index (χ1) is 13.4. The van der Waals surface area contributed by atoms with Gasteiger partial charge in [0, 0.05) is 24.3 Å². The van der Waals surface area contributed by atoms with Crippen LogP contribution in [0.4, 0.5) is 10.5 Å². The van der Waals surface area contributed by atoms with Crippen LogP contribution < -0.4 is 10.6 Å². The van der Waals surface area contributed by atoms with Crippen LogP contribution in [0, 0.1) is 0 Å². The number of imide groups is 1. The highest BCUT2D eigenvalue weighted by Gasteiger charge is 2.37. The van der Waals surface area contributed by atoms with Gasteiger partial charge in [-0.15, -0.1) is 0 Å². The van der Waals surface area contributed by atoms with Gasteiger partial charge in [-0.05, 0) is 60.1 Å². The number of thioether (sulfide) groups is 1. The monoisotopic (exact) mass is 419 g/mol. The van der Waals surface area contributed by atoms with Crippen molar-refractivity contribution >= 4 is 40.2 Å². The van der Waals surface area contributed by atoms with E-state index >= 15 is 0 Å². The Balaban J connectivity index is 1.42. The summed E-state index contributed by atoms with van der Waals surface area (Å²) in [7, 11) is 1.48. The van der Waals surface area contributed by atoms with E-state index in [4.69, 9.17) is 11.6 Å². The average Bonchev–Trinajstić information content (AvgIpc) is 2.93. The Morgan fingerprint density at radius 1 is 1.21 bits per heavy atom. The summed E-state index contributed by atoms with van der Waals surface area (Å²) in [6.45, 7) is 1.17. The third-order valence-electron chi connectivity index (χ3n) is 4.46.